The van der Waals surface area contributed by atoms with Crippen molar-refractivity contribution in [2.45, 2.75) is 45.8 Å². The lowest BCUT2D eigenvalue weighted by Gasteiger charge is -2.14. The van der Waals surface area contributed by atoms with E-state index in [2.05, 4.69) is 22.2 Å². The van der Waals surface area contributed by atoms with Crippen molar-refractivity contribution in [2.24, 2.45) is 0 Å². The van der Waals surface area contributed by atoms with Crippen molar-refractivity contribution in [1.29, 1.82) is 0 Å². The standard InChI is InChI=1S/C14H25N3O2S/c1-6-15-9-7-8-13-10(2)16-14(17-11(13)3)12(4)20(5,18)19/h12,15H,6-9H2,1-5H3. The van der Waals surface area contributed by atoms with E-state index >= 15 is 0 Å². The summed E-state index contributed by atoms with van der Waals surface area (Å²) in [6.45, 7) is 9.51. The first-order chi connectivity index (χ1) is 9.27. The SMILES string of the molecule is CCNCCCc1c(C)nc(C(C)S(C)(=O)=O)nc1C. The molecule has 20 heavy (non-hydrogen) atoms. The number of aromatic nitrogens is 2. The summed E-state index contributed by atoms with van der Waals surface area (Å²) in [5.41, 5.74) is 2.91. The second kappa shape index (κ2) is 7.13. The second-order valence-electron chi connectivity index (χ2n) is 5.16. The first-order valence-corrected chi connectivity index (χ1v) is 8.96. The van der Waals surface area contributed by atoms with Gasteiger partial charge in [0.1, 0.15) is 11.1 Å². The molecule has 0 aromatic carbocycles. The summed E-state index contributed by atoms with van der Waals surface area (Å²) in [6.07, 6.45) is 3.16. The Kier molecular flexibility index (Phi) is 6.07. The molecular weight excluding hydrogens is 274 g/mol. The molecule has 0 spiro atoms. The fourth-order valence-corrected chi connectivity index (χ4v) is 2.56. The monoisotopic (exact) mass is 299 g/mol. The number of rotatable bonds is 7. The number of nitrogens with zero attached hydrogens (tertiary/aromatic N) is 2. The van der Waals surface area contributed by atoms with Crippen LogP contribution >= 0.6 is 0 Å². The molecule has 1 aromatic heterocycles. The van der Waals surface area contributed by atoms with Gasteiger partial charge in [-0.1, -0.05) is 6.92 Å². The molecule has 6 heteroatoms. The molecule has 114 valence electrons. The van der Waals surface area contributed by atoms with E-state index in [1.807, 2.05) is 13.8 Å². The maximum Gasteiger partial charge on any atom is 0.157 e. The number of hydrogen-bond donors (Lipinski definition) is 1. The predicted octanol–water partition coefficient (Wildman–Crippen LogP) is 1.74. The highest BCUT2D eigenvalue weighted by molar-refractivity contribution is 7.90. The summed E-state index contributed by atoms with van der Waals surface area (Å²) >= 11 is 0. The Morgan fingerprint density at radius 2 is 1.75 bits per heavy atom. The van der Waals surface area contributed by atoms with Crippen LogP contribution in [0.15, 0.2) is 0 Å². The average Bonchev–Trinajstić information content (AvgIpc) is 2.34. The van der Waals surface area contributed by atoms with Crippen molar-refractivity contribution in [3.05, 3.63) is 22.8 Å². The molecule has 1 unspecified atom stereocenters. The van der Waals surface area contributed by atoms with Crippen molar-refractivity contribution in [3.63, 3.8) is 0 Å². The van der Waals surface area contributed by atoms with Crippen molar-refractivity contribution in [1.82, 2.24) is 15.3 Å². The van der Waals surface area contributed by atoms with Gasteiger partial charge in [0.15, 0.2) is 9.84 Å². The second-order valence-corrected chi connectivity index (χ2v) is 7.53. The van der Waals surface area contributed by atoms with E-state index in [4.69, 9.17) is 0 Å². The minimum atomic E-state index is -3.16. The van der Waals surface area contributed by atoms with Crippen LogP contribution in [0.1, 0.15) is 48.3 Å². The molecule has 0 aliphatic carbocycles. The highest BCUT2D eigenvalue weighted by Gasteiger charge is 2.21. The molecule has 5 nitrogen and oxygen atoms in total. The summed E-state index contributed by atoms with van der Waals surface area (Å²) in [5.74, 6) is 0.401. The lowest BCUT2D eigenvalue weighted by molar-refractivity contribution is 0.588. The number of sulfone groups is 1. The molecule has 1 atom stereocenters. The molecule has 0 bridgehead atoms. The van der Waals surface area contributed by atoms with Crippen LogP contribution in [0.4, 0.5) is 0 Å². The lowest BCUT2D eigenvalue weighted by atomic mass is 10.1. The van der Waals surface area contributed by atoms with Crippen LogP contribution in [0.3, 0.4) is 0 Å². The van der Waals surface area contributed by atoms with E-state index in [0.29, 0.717) is 5.82 Å². The summed E-state index contributed by atoms with van der Waals surface area (Å²) in [7, 11) is -3.16. The molecule has 1 rings (SSSR count). The smallest absolute Gasteiger partial charge is 0.157 e. The van der Waals surface area contributed by atoms with Crippen LogP contribution in [0.25, 0.3) is 0 Å². The minimum Gasteiger partial charge on any atom is -0.317 e. The van der Waals surface area contributed by atoms with Gasteiger partial charge in [0.25, 0.3) is 0 Å². The zero-order chi connectivity index (χ0) is 15.3. The summed E-state index contributed by atoms with van der Waals surface area (Å²) in [4.78, 5) is 8.78. The van der Waals surface area contributed by atoms with Gasteiger partial charge in [-0.25, -0.2) is 18.4 Å². The van der Waals surface area contributed by atoms with E-state index in [1.54, 1.807) is 6.92 Å². The van der Waals surface area contributed by atoms with Gasteiger partial charge >= 0.3 is 0 Å². The van der Waals surface area contributed by atoms with Crippen LogP contribution in [-0.4, -0.2) is 37.7 Å². The molecule has 0 fully saturated rings. The number of hydrogen-bond acceptors (Lipinski definition) is 5. The van der Waals surface area contributed by atoms with E-state index in [9.17, 15) is 8.42 Å². The first-order valence-electron chi connectivity index (χ1n) is 7.01. The largest absolute Gasteiger partial charge is 0.317 e. The zero-order valence-electron chi connectivity index (χ0n) is 13.0. The molecule has 0 saturated carbocycles. The van der Waals surface area contributed by atoms with Crippen molar-refractivity contribution in [2.75, 3.05) is 19.3 Å². The fourth-order valence-electron chi connectivity index (χ4n) is 2.07. The quantitative estimate of drug-likeness (QED) is 0.777. The Balaban J connectivity index is 2.92. The number of aryl methyl sites for hydroxylation is 2. The normalized spacial score (nSPS) is 13.4. The van der Waals surface area contributed by atoms with E-state index < -0.39 is 15.1 Å². The highest BCUT2D eigenvalue weighted by atomic mass is 32.2. The first kappa shape index (κ1) is 17.0. The van der Waals surface area contributed by atoms with E-state index in [1.165, 1.54) is 6.26 Å². The molecule has 0 radical (unpaired) electrons. The van der Waals surface area contributed by atoms with Crippen molar-refractivity contribution in [3.8, 4) is 0 Å². The Bertz CT molecular complexity index is 533. The van der Waals surface area contributed by atoms with Gasteiger partial charge in [0.2, 0.25) is 0 Å². The third kappa shape index (κ3) is 4.52. The fraction of sp³-hybridized carbons (Fsp3) is 0.714. The predicted molar refractivity (Wildman–Crippen MR) is 81.6 cm³/mol. The zero-order valence-corrected chi connectivity index (χ0v) is 13.8. The topological polar surface area (TPSA) is 72.0 Å². The third-order valence-electron chi connectivity index (χ3n) is 3.47. The lowest BCUT2D eigenvalue weighted by Crippen LogP contribution is -2.17. The Morgan fingerprint density at radius 1 is 1.20 bits per heavy atom. The molecule has 1 N–H and O–H groups in total. The van der Waals surface area contributed by atoms with Gasteiger partial charge in [0, 0.05) is 17.6 Å². The van der Waals surface area contributed by atoms with Crippen molar-refractivity contribution < 1.29 is 8.42 Å². The maximum atomic E-state index is 11.6. The maximum absolute atomic E-state index is 11.6. The Hall–Kier alpha value is -1.01. The summed E-state index contributed by atoms with van der Waals surface area (Å²) in [6, 6.07) is 0. The van der Waals surface area contributed by atoms with Crippen LogP contribution in [0, 0.1) is 13.8 Å². The van der Waals surface area contributed by atoms with Gasteiger partial charge in [-0.15, -0.1) is 0 Å². The average molecular weight is 299 g/mol. The molecular formula is C14H25N3O2S. The van der Waals surface area contributed by atoms with Crippen LogP contribution in [0.5, 0.6) is 0 Å². The molecule has 1 heterocycles. The van der Waals surface area contributed by atoms with Gasteiger partial charge in [-0.2, -0.15) is 0 Å². The van der Waals surface area contributed by atoms with Crippen LogP contribution in [-0.2, 0) is 16.3 Å². The molecule has 0 aliphatic rings. The van der Waals surface area contributed by atoms with Gasteiger partial charge < -0.3 is 5.32 Å². The van der Waals surface area contributed by atoms with Gasteiger partial charge in [-0.05, 0) is 52.3 Å². The minimum absolute atomic E-state index is 0.401. The van der Waals surface area contributed by atoms with Crippen LogP contribution < -0.4 is 5.32 Å². The van der Waals surface area contributed by atoms with Gasteiger partial charge in [0.05, 0.1) is 0 Å². The van der Waals surface area contributed by atoms with Crippen LogP contribution in [0.2, 0.25) is 0 Å². The van der Waals surface area contributed by atoms with Crippen molar-refractivity contribution >= 4 is 9.84 Å². The summed E-state index contributed by atoms with van der Waals surface area (Å²) in [5, 5.41) is 2.63. The molecule has 0 saturated heterocycles. The molecule has 0 aliphatic heterocycles. The summed E-state index contributed by atoms with van der Waals surface area (Å²) < 4.78 is 23.2. The highest BCUT2D eigenvalue weighted by Crippen LogP contribution is 2.20. The Labute approximate surface area is 122 Å². The molecule has 0 amide bonds. The number of nitrogens with one attached hydrogen (secondary N) is 1. The van der Waals surface area contributed by atoms with E-state index in [-0.39, 0.29) is 0 Å². The third-order valence-corrected chi connectivity index (χ3v) is 4.97. The van der Waals surface area contributed by atoms with E-state index in [0.717, 1.165) is 42.9 Å². The molecule has 1 aromatic rings. The van der Waals surface area contributed by atoms with Gasteiger partial charge in [-0.3, -0.25) is 0 Å². The Morgan fingerprint density at radius 3 is 2.20 bits per heavy atom.